The molecule has 1 aliphatic heterocycles. The third-order valence-electron chi connectivity index (χ3n) is 4.68. The molecule has 0 radical (unpaired) electrons. The van der Waals surface area contributed by atoms with Gasteiger partial charge >= 0.3 is 0 Å². The predicted molar refractivity (Wildman–Crippen MR) is 96.8 cm³/mol. The third kappa shape index (κ3) is 4.19. The number of benzene rings is 1. The van der Waals surface area contributed by atoms with Gasteiger partial charge in [-0.1, -0.05) is 18.2 Å². The quantitative estimate of drug-likeness (QED) is 0.640. The lowest BCUT2D eigenvalue weighted by atomic mass is 9.95. The first-order valence-electron chi connectivity index (χ1n) is 8.61. The zero-order valence-electron chi connectivity index (χ0n) is 13.8. The van der Waals surface area contributed by atoms with Crippen molar-refractivity contribution >= 4 is 17.7 Å². The fourth-order valence-electron chi connectivity index (χ4n) is 3.15. The van der Waals surface area contributed by atoms with Crippen molar-refractivity contribution in [3.63, 3.8) is 0 Å². The summed E-state index contributed by atoms with van der Waals surface area (Å²) in [7, 11) is 0. The van der Waals surface area contributed by atoms with Gasteiger partial charge in [0.25, 0.3) is 0 Å². The molecule has 3 nitrogen and oxygen atoms in total. The van der Waals surface area contributed by atoms with Crippen molar-refractivity contribution in [3.05, 3.63) is 35.6 Å². The highest BCUT2D eigenvalue weighted by Gasteiger charge is 2.45. The Balaban J connectivity index is 1.66. The van der Waals surface area contributed by atoms with Gasteiger partial charge in [0, 0.05) is 23.8 Å². The van der Waals surface area contributed by atoms with E-state index in [0.29, 0.717) is 12.6 Å². The summed E-state index contributed by atoms with van der Waals surface area (Å²) in [5, 5.41) is 6.88. The molecule has 0 amide bonds. The minimum atomic E-state index is -0.0955. The van der Waals surface area contributed by atoms with Crippen molar-refractivity contribution in [3.8, 4) is 0 Å². The number of nitrogens with one attached hydrogen (secondary N) is 2. The monoisotopic (exact) mass is 335 g/mol. The summed E-state index contributed by atoms with van der Waals surface area (Å²) in [5.74, 6) is 3.19. The zero-order valence-corrected chi connectivity index (χ0v) is 14.6. The second kappa shape index (κ2) is 7.56. The highest BCUT2D eigenvalue weighted by Crippen LogP contribution is 2.49. The molecule has 0 spiro atoms. The minimum Gasteiger partial charge on any atom is -0.357 e. The molecule has 1 unspecified atom stereocenters. The summed E-state index contributed by atoms with van der Waals surface area (Å²) in [4.78, 5) is 4.78. The van der Waals surface area contributed by atoms with E-state index in [9.17, 15) is 4.39 Å². The van der Waals surface area contributed by atoms with Crippen LogP contribution < -0.4 is 10.6 Å². The van der Waals surface area contributed by atoms with Crippen LogP contribution in [0.25, 0.3) is 0 Å². The number of halogens is 1. The minimum absolute atomic E-state index is 0.0883. The Morgan fingerprint density at radius 2 is 2.22 bits per heavy atom. The number of thioether (sulfide) groups is 1. The molecule has 5 heteroatoms. The van der Waals surface area contributed by atoms with E-state index in [0.717, 1.165) is 36.7 Å². The molecule has 2 aliphatic rings. The van der Waals surface area contributed by atoms with Crippen molar-refractivity contribution in [1.29, 1.82) is 0 Å². The molecular formula is C18H26FN3S. The van der Waals surface area contributed by atoms with Gasteiger partial charge in [-0.2, -0.15) is 11.8 Å². The molecule has 2 N–H and O–H groups in total. The molecule has 0 bridgehead atoms. The van der Waals surface area contributed by atoms with Gasteiger partial charge in [0.05, 0.1) is 6.54 Å². The van der Waals surface area contributed by atoms with Gasteiger partial charge in [-0.15, -0.1) is 0 Å². The Bertz CT molecular complexity index is 551. The van der Waals surface area contributed by atoms with Crippen molar-refractivity contribution in [2.75, 3.05) is 24.6 Å². The van der Waals surface area contributed by atoms with Crippen molar-refractivity contribution in [2.45, 2.75) is 44.1 Å². The van der Waals surface area contributed by atoms with E-state index in [4.69, 9.17) is 4.99 Å². The molecular weight excluding hydrogens is 309 g/mol. The fourth-order valence-corrected chi connectivity index (χ4v) is 4.23. The van der Waals surface area contributed by atoms with Crippen LogP contribution in [0.15, 0.2) is 29.3 Å². The Morgan fingerprint density at radius 3 is 2.87 bits per heavy atom. The van der Waals surface area contributed by atoms with E-state index in [1.54, 1.807) is 12.1 Å². The topological polar surface area (TPSA) is 36.4 Å². The van der Waals surface area contributed by atoms with Gasteiger partial charge < -0.3 is 10.6 Å². The van der Waals surface area contributed by atoms with Crippen molar-refractivity contribution in [2.24, 2.45) is 4.99 Å². The Kier molecular flexibility index (Phi) is 5.46. The Morgan fingerprint density at radius 1 is 1.39 bits per heavy atom. The fraction of sp³-hybridized carbons (Fsp3) is 0.611. The van der Waals surface area contributed by atoms with Crippen LogP contribution in [0.5, 0.6) is 0 Å². The maximum absolute atomic E-state index is 14.1. The molecule has 1 aliphatic carbocycles. The van der Waals surface area contributed by atoms with Crippen LogP contribution in [-0.4, -0.2) is 36.6 Å². The molecule has 1 atom stereocenters. The number of nitrogens with zero attached hydrogens (tertiary/aromatic N) is 1. The summed E-state index contributed by atoms with van der Waals surface area (Å²) in [6, 6.07) is 7.64. The van der Waals surface area contributed by atoms with Gasteiger partial charge in [-0.25, -0.2) is 4.39 Å². The van der Waals surface area contributed by atoms with Crippen LogP contribution in [0.2, 0.25) is 0 Å². The molecule has 1 saturated carbocycles. The summed E-state index contributed by atoms with van der Waals surface area (Å²) < 4.78 is 14.1. The largest absolute Gasteiger partial charge is 0.357 e. The second-order valence-corrected chi connectivity index (χ2v) is 7.66. The van der Waals surface area contributed by atoms with E-state index < -0.39 is 0 Å². The molecule has 23 heavy (non-hydrogen) atoms. The van der Waals surface area contributed by atoms with Gasteiger partial charge in [-0.05, 0) is 50.0 Å². The van der Waals surface area contributed by atoms with Crippen LogP contribution in [0.4, 0.5) is 4.39 Å². The number of hydrogen-bond donors (Lipinski definition) is 2. The highest BCUT2D eigenvalue weighted by molar-refractivity contribution is 7.99. The summed E-state index contributed by atoms with van der Waals surface area (Å²) in [6.07, 6.45) is 4.52. The highest BCUT2D eigenvalue weighted by atomic mass is 32.2. The predicted octanol–water partition coefficient (Wildman–Crippen LogP) is 3.31. The maximum atomic E-state index is 14.1. The average Bonchev–Trinajstić information content (AvgIpc) is 3.35. The van der Waals surface area contributed by atoms with Gasteiger partial charge in [-0.3, -0.25) is 4.99 Å². The zero-order chi connectivity index (χ0) is 16.1. The van der Waals surface area contributed by atoms with Gasteiger partial charge in [0.1, 0.15) is 5.82 Å². The molecule has 0 aromatic heterocycles. The lowest BCUT2D eigenvalue weighted by Crippen LogP contribution is -2.45. The van der Waals surface area contributed by atoms with Crippen LogP contribution in [0, 0.1) is 5.82 Å². The number of guanidine groups is 1. The average molecular weight is 335 g/mol. The Labute approximate surface area is 142 Å². The lowest BCUT2D eigenvalue weighted by Gasteiger charge is -2.25. The second-order valence-electron chi connectivity index (χ2n) is 6.51. The lowest BCUT2D eigenvalue weighted by molar-refractivity contribution is 0.564. The molecule has 1 aromatic carbocycles. The standard InChI is InChI=1S/C18H26FN3S/c1-2-20-17(22-14-6-5-11-23-12-14)21-13-18(9-10-18)15-7-3-4-8-16(15)19/h3-4,7-8,14H,2,5-6,9-13H2,1H3,(H2,20,21,22). The molecule has 1 aromatic rings. The molecule has 3 rings (SSSR count). The summed E-state index contributed by atoms with van der Waals surface area (Å²) >= 11 is 2.00. The van der Waals surface area contributed by atoms with Crippen molar-refractivity contribution in [1.82, 2.24) is 10.6 Å². The van der Waals surface area contributed by atoms with Crippen LogP contribution in [-0.2, 0) is 5.41 Å². The van der Waals surface area contributed by atoms with Gasteiger partial charge in [0.15, 0.2) is 5.96 Å². The van der Waals surface area contributed by atoms with Gasteiger partial charge in [0.2, 0.25) is 0 Å². The van der Waals surface area contributed by atoms with E-state index >= 15 is 0 Å². The summed E-state index contributed by atoms with van der Waals surface area (Å²) in [5.41, 5.74) is 0.738. The Hall–Kier alpha value is -1.23. The van der Waals surface area contributed by atoms with E-state index in [-0.39, 0.29) is 11.2 Å². The first-order valence-corrected chi connectivity index (χ1v) is 9.76. The smallest absolute Gasteiger partial charge is 0.191 e. The molecule has 1 heterocycles. The van der Waals surface area contributed by atoms with Crippen molar-refractivity contribution < 1.29 is 4.39 Å². The molecule has 2 fully saturated rings. The molecule has 1 saturated heterocycles. The van der Waals surface area contributed by atoms with E-state index in [1.807, 2.05) is 23.9 Å². The number of aliphatic imine (C=N–C) groups is 1. The number of rotatable bonds is 5. The number of hydrogen-bond acceptors (Lipinski definition) is 2. The van der Waals surface area contributed by atoms with Crippen LogP contribution in [0.1, 0.15) is 38.2 Å². The summed E-state index contributed by atoms with van der Waals surface area (Å²) in [6.45, 7) is 3.58. The van der Waals surface area contributed by atoms with Crippen LogP contribution in [0.3, 0.4) is 0 Å². The first kappa shape index (κ1) is 16.6. The third-order valence-corrected chi connectivity index (χ3v) is 5.90. The maximum Gasteiger partial charge on any atom is 0.191 e. The van der Waals surface area contributed by atoms with Crippen LogP contribution >= 0.6 is 11.8 Å². The van der Waals surface area contributed by atoms with E-state index in [2.05, 4.69) is 17.6 Å². The normalized spacial score (nSPS) is 23.4. The SMILES string of the molecule is CCNC(=NCC1(c2ccccc2F)CC1)NC1CCCSC1. The molecule has 126 valence electrons. The first-order chi connectivity index (χ1) is 11.2. The van der Waals surface area contributed by atoms with E-state index in [1.165, 1.54) is 18.6 Å².